The SMILES string of the molecule is COc1cccc2sc(C(=O)OCCN3CCOCC3)c(COc3ccc(C(N)O)cc3)c12. The molecule has 1 aliphatic heterocycles. The summed E-state index contributed by atoms with van der Waals surface area (Å²) in [6.45, 7) is 4.25. The van der Waals surface area contributed by atoms with Crippen molar-refractivity contribution in [1.82, 2.24) is 4.90 Å². The van der Waals surface area contributed by atoms with Gasteiger partial charge in [-0.2, -0.15) is 0 Å². The third kappa shape index (κ3) is 5.63. The van der Waals surface area contributed by atoms with Gasteiger partial charge in [0.2, 0.25) is 0 Å². The van der Waals surface area contributed by atoms with Gasteiger partial charge in [-0.3, -0.25) is 4.90 Å². The Labute approximate surface area is 196 Å². The van der Waals surface area contributed by atoms with Crippen LogP contribution in [0.25, 0.3) is 10.1 Å². The molecular formula is C24H28N2O6S. The molecule has 1 fully saturated rings. The summed E-state index contributed by atoms with van der Waals surface area (Å²) in [5.74, 6) is 0.906. The number of aliphatic hydroxyl groups excluding tert-OH is 1. The van der Waals surface area contributed by atoms with Gasteiger partial charge in [-0.25, -0.2) is 4.79 Å². The van der Waals surface area contributed by atoms with E-state index in [1.807, 2.05) is 18.2 Å². The Hall–Kier alpha value is -2.69. The van der Waals surface area contributed by atoms with Gasteiger partial charge in [0.1, 0.15) is 35.8 Å². The minimum absolute atomic E-state index is 0.165. The van der Waals surface area contributed by atoms with Crippen molar-refractivity contribution in [1.29, 1.82) is 0 Å². The number of ether oxygens (including phenoxy) is 4. The molecule has 0 aliphatic carbocycles. The van der Waals surface area contributed by atoms with E-state index in [-0.39, 0.29) is 12.6 Å². The lowest BCUT2D eigenvalue weighted by Gasteiger charge is -2.26. The molecule has 3 N–H and O–H groups in total. The van der Waals surface area contributed by atoms with Crippen LogP contribution in [-0.2, 0) is 16.1 Å². The number of morpholine rings is 1. The van der Waals surface area contributed by atoms with Gasteiger partial charge in [0.25, 0.3) is 0 Å². The number of hydrogen-bond acceptors (Lipinski definition) is 9. The summed E-state index contributed by atoms with van der Waals surface area (Å²) in [6, 6.07) is 12.6. The predicted octanol–water partition coefficient (Wildman–Crippen LogP) is 2.93. The standard InChI is InChI=1S/C24H28N2O6S/c1-29-19-3-2-4-20-21(19)18(15-32-17-7-5-16(6-8-17)23(25)27)22(33-20)24(28)31-14-11-26-9-12-30-13-10-26/h2-8,23,27H,9-15,25H2,1H3. The lowest BCUT2D eigenvalue weighted by molar-refractivity contribution is 0.0197. The fraction of sp³-hybridized carbons (Fsp3) is 0.375. The number of hydrogen-bond donors (Lipinski definition) is 2. The molecule has 1 aromatic heterocycles. The van der Waals surface area contributed by atoms with Gasteiger partial charge in [0.15, 0.2) is 0 Å². The first-order valence-corrected chi connectivity index (χ1v) is 11.6. The molecule has 176 valence electrons. The molecule has 0 spiro atoms. The van der Waals surface area contributed by atoms with Crippen LogP contribution in [0.2, 0.25) is 0 Å². The number of nitrogens with zero attached hydrogens (tertiary/aromatic N) is 1. The van der Waals surface area contributed by atoms with Gasteiger partial charge < -0.3 is 29.8 Å². The molecular weight excluding hydrogens is 444 g/mol. The van der Waals surface area contributed by atoms with E-state index in [2.05, 4.69) is 4.90 Å². The molecule has 1 aliphatic rings. The number of thiophene rings is 1. The first kappa shape index (κ1) is 23.5. The van der Waals surface area contributed by atoms with Crippen LogP contribution in [0.5, 0.6) is 11.5 Å². The van der Waals surface area contributed by atoms with Crippen molar-refractivity contribution in [2.75, 3.05) is 46.6 Å². The molecule has 2 aromatic carbocycles. The number of rotatable bonds is 9. The first-order chi connectivity index (χ1) is 16.1. The Morgan fingerprint density at radius 1 is 1.21 bits per heavy atom. The van der Waals surface area contributed by atoms with Crippen LogP contribution in [0.1, 0.15) is 27.0 Å². The Balaban J connectivity index is 1.52. The van der Waals surface area contributed by atoms with Crippen molar-refractivity contribution in [3.8, 4) is 11.5 Å². The van der Waals surface area contributed by atoms with Crippen molar-refractivity contribution in [3.63, 3.8) is 0 Å². The number of benzene rings is 2. The second-order valence-electron chi connectivity index (χ2n) is 7.64. The fourth-order valence-corrected chi connectivity index (χ4v) is 4.84. The maximum atomic E-state index is 13.0. The molecule has 0 amide bonds. The van der Waals surface area contributed by atoms with Crippen LogP contribution in [0.4, 0.5) is 0 Å². The van der Waals surface area contributed by atoms with Crippen LogP contribution < -0.4 is 15.2 Å². The van der Waals surface area contributed by atoms with E-state index in [4.69, 9.17) is 24.7 Å². The van der Waals surface area contributed by atoms with Crippen LogP contribution in [-0.4, -0.2) is 62.5 Å². The molecule has 1 saturated heterocycles. The minimum atomic E-state index is -1.04. The van der Waals surface area contributed by atoms with E-state index in [1.54, 1.807) is 31.4 Å². The van der Waals surface area contributed by atoms with Crippen molar-refractivity contribution >= 4 is 27.4 Å². The summed E-state index contributed by atoms with van der Waals surface area (Å²) in [7, 11) is 1.61. The normalized spacial score (nSPS) is 15.4. The second-order valence-corrected chi connectivity index (χ2v) is 8.69. The molecule has 3 aromatic rings. The molecule has 8 nitrogen and oxygen atoms in total. The largest absolute Gasteiger partial charge is 0.496 e. The molecule has 2 heterocycles. The summed E-state index contributed by atoms with van der Waals surface area (Å²) in [5, 5.41) is 10.3. The van der Waals surface area contributed by atoms with Gasteiger partial charge >= 0.3 is 5.97 Å². The minimum Gasteiger partial charge on any atom is -0.496 e. The summed E-state index contributed by atoms with van der Waals surface area (Å²) < 4.78 is 23.4. The fourth-order valence-electron chi connectivity index (χ4n) is 3.73. The molecule has 1 unspecified atom stereocenters. The lowest BCUT2D eigenvalue weighted by atomic mass is 10.1. The van der Waals surface area contributed by atoms with Crippen LogP contribution in [0.3, 0.4) is 0 Å². The zero-order valence-electron chi connectivity index (χ0n) is 18.5. The van der Waals surface area contributed by atoms with E-state index < -0.39 is 6.23 Å². The molecule has 33 heavy (non-hydrogen) atoms. The van der Waals surface area contributed by atoms with Crippen LogP contribution >= 0.6 is 11.3 Å². The maximum absolute atomic E-state index is 13.0. The quantitative estimate of drug-likeness (QED) is 0.362. The van der Waals surface area contributed by atoms with E-state index in [0.717, 1.165) is 28.7 Å². The maximum Gasteiger partial charge on any atom is 0.348 e. The third-order valence-corrected chi connectivity index (χ3v) is 6.71. The van der Waals surface area contributed by atoms with Gasteiger partial charge in [-0.15, -0.1) is 11.3 Å². The molecule has 0 bridgehead atoms. The molecule has 9 heteroatoms. The van der Waals surface area contributed by atoms with Crippen molar-refractivity contribution in [2.45, 2.75) is 12.8 Å². The van der Waals surface area contributed by atoms with Gasteiger partial charge in [0.05, 0.1) is 20.3 Å². The molecule has 1 atom stereocenters. The van der Waals surface area contributed by atoms with Gasteiger partial charge in [0, 0.05) is 35.3 Å². The van der Waals surface area contributed by atoms with Crippen molar-refractivity contribution < 1.29 is 28.8 Å². The summed E-state index contributed by atoms with van der Waals surface area (Å²) in [6.07, 6.45) is -1.04. The average Bonchev–Trinajstić information content (AvgIpc) is 3.22. The number of esters is 1. The summed E-state index contributed by atoms with van der Waals surface area (Å²) >= 11 is 1.37. The third-order valence-electron chi connectivity index (χ3n) is 5.53. The highest BCUT2D eigenvalue weighted by Crippen LogP contribution is 2.38. The smallest absolute Gasteiger partial charge is 0.348 e. The molecule has 4 rings (SSSR count). The number of fused-ring (bicyclic) bond motifs is 1. The monoisotopic (exact) mass is 472 g/mol. The van der Waals surface area contributed by atoms with Gasteiger partial charge in [-0.1, -0.05) is 18.2 Å². The molecule has 0 saturated carbocycles. The van der Waals surface area contributed by atoms with E-state index in [1.165, 1.54) is 11.3 Å². The summed E-state index contributed by atoms with van der Waals surface area (Å²) in [5.41, 5.74) is 6.81. The van der Waals surface area contributed by atoms with Crippen LogP contribution in [0, 0.1) is 0 Å². The lowest BCUT2D eigenvalue weighted by Crippen LogP contribution is -2.38. The number of carbonyl (C=O) groups is 1. The Morgan fingerprint density at radius 2 is 1.97 bits per heavy atom. The van der Waals surface area contributed by atoms with E-state index >= 15 is 0 Å². The zero-order chi connectivity index (χ0) is 23.2. The van der Waals surface area contributed by atoms with Gasteiger partial charge in [-0.05, 0) is 29.8 Å². The molecule has 0 radical (unpaired) electrons. The highest BCUT2D eigenvalue weighted by Gasteiger charge is 2.23. The average molecular weight is 473 g/mol. The Kier molecular flexibility index (Phi) is 7.79. The van der Waals surface area contributed by atoms with Crippen molar-refractivity contribution in [2.24, 2.45) is 5.73 Å². The first-order valence-electron chi connectivity index (χ1n) is 10.8. The highest BCUT2D eigenvalue weighted by molar-refractivity contribution is 7.21. The summed E-state index contributed by atoms with van der Waals surface area (Å²) in [4.78, 5) is 15.7. The topological polar surface area (TPSA) is 103 Å². The van der Waals surface area contributed by atoms with E-state index in [0.29, 0.717) is 48.3 Å². The number of nitrogens with two attached hydrogens (primary N) is 1. The van der Waals surface area contributed by atoms with Crippen molar-refractivity contribution in [3.05, 3.63) is 58.5 Å². The predicted molar refractivity (Wildman–Crippen MR) is 126 cm³/mol. The van der Waals surface area contributed by atoms with Crippen LogP contribution in [0.15, 0.2) is 42.5 Å². The Bertz CT molecular complexity index is 1080. The zero-order valence-corrected chi connectivity index (χ0v) is 19.3. The Morgan fingerprint density at radius 3 is 2.67 bits per heavy atom. The number of methoxy groups -OCH3 is 1. The van der Waals surface area contributed by atoms with E-state index in [9.17, 15) is 9.90 Å². The number of carbonyl (C=O) groups excluding carboxylic acids is 1. The highest BCUT2D eigenvalue weighted by atomic mass is 32.1. The number of aliphatic hydroxyl groups is 1. The second kappa shape index (κ2) is 11.0.